The maximum absolute atomic E-state index is 14.9. The molecule has 2 fully saturated rings. The van der Waals surface area contributed by atoms with Gasteiger partial charge in [0.15, 0.2) is 11.6 Å². The van der Waals surface area contributed by atoms with E-state index in [-0.39, 0.29) is 22.8 Å². The number of piperazine rings is 1. The number of anilines is 1. The van der Waals surface area contributed by atoms with Gasteiger partial charge in [0, 0.05) is 37.9 Å². The molecule has 2 aromatic rings. The van der Waals surface area contributed by atoms with Crippen molar-refractivity contribution in [3.63, 3.8) is 0 Å². The smallest absolute Gasteiger partial charge is 0.341 e. The van der Waals surface area contributed by atoms with E-state index in [9.17, 15) is 19.1 Å². The number of aromatic carboxylic acids is 1. The summed E-state index contributed by atoms with van der Waals surface area (Å²) in [6.07, 6.45) is 4.77. The molecule has 8 nitrogen and oxygen atoms in total. The highest BCUT2D eigenvalue weighted by Crippen LogP contribution is 2.31. The van der Waals surface area contributed by atoms with Crippen LogP contribution < -0.4 is 21.4 Å². The molecule has 0 aliphatic carbocycles. The minimum atomic E-state index is -1.32. The lowest BCUT2D eigenvalue weighted by molar-refractivity contribution is 0.0694. The molecule has 0 saturated carbocycles. The van der Waals surface area contributed by atoms with Gasteiger partial charge in [-0.25, -0.2) is 14.2 Å². The third-order valence-corrected chi connectivity index (χ3v) is 5.65. The van der Waals surface area contributed by atoms with Crippen molar-refractivity contribution in [3.05, 3.63) is 33.9 Å². The number of pyridine rings is 2. The van der Waals surface area contributed by atoms with Crippen molar-refractivity contribution >= 4 is 22.8 Å². The number of unbranched alkanes of at least 4 members (excludes halogenated alkanes) is 2. The number of nitrogens with zero attached hydrogens (tertiary/aromatic N) is 3. The third kappa shape index (κ3) is 3.24. The Hall–Kier alpha value is -2.52. The van der Waals surface area contributed by atoms with Crippen molar-refractivity contribution in [2.45, 2.75) is 44.3 Å². The predicted molar refractivity (Wildman–Crippen MR) is 103 cm³/mol. The highest BCUT2D eigenvalue weighted by atomic mass is 19.1. The minimum Gasteiger partial charge on any atom is -0.477 e. The van der Waals surface area contributed by atoms with Crippen LogP contribution >= 0.6 is 0 Å². The van der Waals surface area contributed by atoms with Crippen LogP contribution in [-0.4, -0.2) is 52.3 Å². The topological polar surface area (TPSA) is 113 Å². The molecule has 0 unspecified atom stereocenters. The van der Waals surface area contributed by atoms with Crippen molar-refractivity contribution < 1.29 is 14.3 Å². The summed E-state index contributed by atoms with van der Waals surface area (Å²) in [5, 5.41) is 12.7. The number of carbonyl (C=O) groups is 1. The van der Waals surface area contributed by atoms with Crippen LogP contribution in [0.4, 0.5) is 10.2 Å². The zero-order valence-electron chi connectivity index (χ0n) is 15.5. The first-order chi connectivity index (χ1) is 13.5. The van der Waals surface area contributed by atoms with Gasteiger partial charge < -0.3 is 25.6 Å². The van der Waals surface area contributed by atoms with Crippen LogP contribution in [0, 0.1) is 5.82 Å². The summed E-state index contributed by atoms with van der Waals surface area (Å²) >= 11 is 0. The number of fused-ring (bicyclic) bond motifs is 3. The van der Waals surface area contributed by atoms with Gasteiger partial charge in [0.2, 0.25) is 5.43 Å². The number of rotatable bonds is 7. The zero-order chi connectivity index (χ0) is 19.8. The second-order valence-electron chi connectivity index (χ2n) is 7.53. The minimum absolute atomic E-state index is 0.00227. The quantitative estimate of drug-likeness (QED) is 0.603. The zero-order valence-corrected chi connectivity index (χ0v) is 15.5. The number of halogens is 1. The summed E-state index contributed by atoms with van der Waals surface area (Å²) < 4.78 is 16.5. The van der Waals surface area contributed by atoms with Crippen LogP contribution in [-0.2, 0) is 6.54 Å². The summed E-state index contributed by atoms with van der Waals surface area (Å²) in [5.41, 5.74) is 4.78. The summed E-state index contributed by atoms with van der Waals surface area (Å²) in [6, 6.07) is 1.66. The maximum atomic E-state index is 14.9. The fraction of sp³-hybridized carbons (Fsp3) is 0.526. The molecule has 2 aliphatic heterocycles. The van der Waals surface area contributed by atoms with Crippen LogP contribution in [0.5, 0.6) is 0 Å². The Morgan fingerprint density at radius 1 is 1.39 bits per heavy atom. The molecular weight excluding hydrogens is 365 g/mol. The average molecular weight is 389 g/mol. The average Bonchev–Trinajstić information content (AvgIpc) is 3.30. The van der Waals surface area contributed by atoms with E-state index in [1.54, 1.807) is 4.57 Å². The van der Waals surface area contributed by atoms with Gasteiger partial charge >= 0.3 is 5.97 Å². The normalized spacial score (nSPS) is 21.0. The van der Waals surface area contributed by atoms with Gasteiger partial charge in [-0.15, -0.1) is 0 Å². The van der Waals surface area contributed by atoms with Crippen LogP contribution in [0.25, 0.3) is 11.0 Å². The van der Waals surface area contributed by atoms with E-state index in [2.05, 4.69) is 10.3 Å². The number of nitrogens with one attached hydrogen (secondary N) is 1. The van der Waals surface area contributed by atoms with Gasteiger partial charge in [0.25, 0.3) is 0 Å². The summed E-state index contributed by atoms with van der Waals surface area (Å²) in [4.78, 5) is 30.5. The summed E-state index contributed by atoms with van der Waals surface area (Å²) in [7, 11) is 0. The number of nitrogens with two attached hydrogens (primary N) is 1. The molecule has 2 aliphatic rings. The lowest BCUT2D eigenvalue weighted by Gasteiger charge is -2.29. The van der Waals surface area contributed by atoms with Crippen molar-refractivity contribution in [2.75, 3.05) is 24.5 Å². The Morgan fingerprint density at radius 2 is 2.21 bits per heavy atom. The highest BCUT2D eigenvalue weighted by molar-refractivity contribution is 5.92. The summed E-state index contributed by atoms with van der Waals surface area (Å²) in [6.45, 7) is 2.54. The number of aromatic nitrogens is 2. The number of carboxylic acid groups (broad SMARTS) is 1. The molecule has 0 aromatic carbocycles. The largest absolute Gasteiger partial charge is 0.477 e. The van der Waals surface area contributed by atoms with Crippen molar-refractivity contribution in [1.82, 2.24) is 14.9 Å². The Bertz CT molecular complexity index is 976. The standard InChI is InChI=1S/C19H24FN5O3/c20-15-7-13-16(26)14(19(27)28)10-24(5-3-1-2-4-21)17(13)23-18(15)25-9-11-6-12(25)8-22-11/h7,10-12,22H,1-6,8-9,21H2,(H,27,28)/t11-,12-/m0/s1. The second kappa shape index (κ2) is 7.48. The van der Waals surface area contributed by atoms with Crippen molar-refractivity contribution in [1.29, 1.82) is 0 Å². The molecule has 28 heavy (non-hydrogen) atoms. The maximum Gasteiger partial charge on any atom is 0.341 e. The van der Waals surface area contributed by atoms with Crippen LogP contribution in [0.2, 0.25) is 0 Å². The van der Waals surface area contributed by atoms with E-state index < -0.39 is 17.2 Å². The number of hydrogen-bond donors (Lipinski definition) is 3. The molecule has 2 atom stereocenters. The van der Waals surface area contributed by atoms with E-state index in [4.69, 9.17) is 5.73 Å². The van der Waals surface area contributed by atoms with Gasteiger partial charge in [-0.2, -0.15) is 0 Å². The number of carboxylic acids is 1. The first-order valence-corrected chi connectivity index (χ1v) is 9.66. The van der Waals surface area contributed by atoms with Gasteiger partial charge in [-0.05, 0) is 31.9 Å². The lowest BCUT2D eigenvalue weighted by Crippen LogP contribution is -2.44. The molecule has 4 N–H and O–H groups in total. The number of hydrogen-bond acceptors (Lipinski definition) is 6. The molecule has 2 bridgehead atoms. The van der Waals surface area contributed by atoms with Gasteiger partial charge in [0.1, 0.15) is 11.2 Å². The van der Waals surface area contributed by atoms with Gasteiger partial charge in [-0.3, -0.25) is 4.79 Å². The molecule has 4 rings (SSSR count). The first kappa shape index (κ1) is 18.8. The molecule has 2 saturated heterocycles. The fourth-order valence-corrected chi connectivity index (χ4v) is 4.22. The predicted octanol–water partition coefficient (Wildman–Crippen LogP) is 0.913. The lowest BCUT2D eigenvalue weighted by atomic mass is 10.1. The first-order valence-electron chi connectivity index (χ1n) is 9.66. The van der Waals surface area contributed by atoms with Crippen LogP contribution in [0.3, 0.4) is 0 Å². The Labute approximate surface area is 161 Å². The van der Waals surface area contributed by atoms with Crippen molar-refractivity contribution in [3.8, 4) is 0 Å². The van der Waals surface area contributed by atoms with E-state index in [1.807, 2.05) is 4.90 Å². The van der Waals surface area contributed by atoms with Crippen molar-refractivity contribution in [2.24, 2.45) is 5.73 Å². The van der Waals surface area contributed by atoms with Gasteiger partial charge in [0.05, 0.1) is 5.39 Å². The molecule has 4 heterocycles. The second-order valence-corrected chi connectivity index (χ2v) is 7.53. The molecular formula is C19H24FN5O3. The van der Waals surface area contributed by atoms with Crippen LogP contribution in [0.1, 0.15) is 36.0 Å². The summed E-state index contributed by atoms with van der Waals surface area (Å²) in [5.74, 6) is -1.68. The fourth-order valence-electron chi connectivity index (χ4n) is 4.22. The van der Waals surface area contributed by atoms with E-state index in [1.165, 1.54) is 6.20 Å². The highest BCUT2D eigenvalue weighted by Gasteiger charge is 2.39. The Kier molecular flexibility index (Phi) is 5.03. The molecule has 2 aromatic heterocycles. The van der Waals surface area contributed by atoms with E-state index in [0.717, 1.165) is 38.3 Å². The SMILES string of the molecule is NCCCCCn1cc(C(=O)O)c(=O)c2cc(F)c(N3C[C@@H]4C[C@H]3CN4)nc21. The monoisotopic (exact) mass is 389 g/mol. The third-order valence-electron chi connectivity index (χ3n) is 5.65. The van der Waals surface area contributed by atoms with E-state index >= 15 is 0 Å². The molecule has 0 spiro atoms. The van der Waals surface area contributed by atoms with Crippen LogP contribution in [0.15, 0.2) is 17.1 Å². The Morgan fingerprint density at radius 3 is 2.86 bits per heavy atom. The van der Waals surface area contributed by atoms with Gasteiger partial charge in [-0.1, -0.05) is 6.42 Å². The van der Waals surface area contributed by atoms with E-state index in [0.29, 0.717) is 31.3 Å². The molecule has 0 radical (unpaired) electrons. The molecule has 150 valence electrons. The molecule has 9 heteroatoms. The Balaban J connectivity index is 1.80. The number of aryl methyl sites for hydroxylation is 1. The molecule has 0 amide bonds.